The number of halogens is 1. The number of nitrogens with zero attached hydrogens (tertiary/aromatic N) is 1. The molecule has 4 rings (SSSR count). The average Bonchev–Trinajstić information content (AvgIpc) is 3.14. The summed E-state index contributed by atoms with van der Waals surface area (Å²) in [5, 5.41) is 2.59. The lowest BCUT2D eigenvalue weighted by molar-refractivity contribution is -0.118. The molecule has 2 aromatic rings. The monoisotopic (exact) mass is 492 g/mol. The van der Waals surface area contributed by atoms with Crippen molar-refractivity contribution in [1.29, 1.82) is 0 Å². The highest BCUT2D eigenvalue weighted by molar-refractivity contribution is 7.89. The van der Waals surface area contributed by atoms with Crippen molar-refractivity contribution in [3.63, 3.8) is 0 Å². The van der Waals surface area contributed by atoms with Gasteiger partial charge in [-0.15, -0.1) is 0 Å². The largest absolute Gasteiger partial charge is 0.495 e. The van der Waals surface area contributed by atoms with Crippen LogP contribution in [0, 0.1) is 5.82 Å². The second-order valence-electron chi connectivity index (χ2n) is 8.08. The van der Waals surface area contributed by atoms with Gasteiger partial charge in [-0.3, -0.25) is 9.59 Å². The van der Waals surface area contributed by atoms with E-state index >= 15 is 0 Å². The maximum absolute atomic E-state index is 14.2. The fourth-order valence-corrected chi connectivity index (χ4v) is 5.59. The van der Waals surface area contributed by atoms with Crippen LogP contribution in [-0.4, -0.2) is 64.4 Å². The molecular formula is C23H25FN2O7S. The Balaban J connectivity index is 1.50. The van der Waals surface area contributed by atoms with Gasteiger partial charge >= 0.3 is 0 Å². The fraction of sp³-hybridized carbons (Fsp3) is 0.391. The summed E-state index contributed by atoms with van der Waals surface area (Å²) in [5.41, 5.74) is 0.613. The van der Waals surface area contributed by atoms with Gasteiger partial charge in [0.25, 0.3) is 5.91 Å². The zero-order valence-electron chi connectivity index (χ0n) is 18.8. The van der Waals surface area contributed by atoms with Crippen molar-refractivity contribution in [2.75, 3.05) is 45.3 Å². The van der Waals surface area contributed by atoms with Crippen LogP contribution >= 0.6 is 0 Å². The number of benzene rings is 2. The third kappa shape index (κ3) is 4.63. The molecule has 0 spiro atoms. The molecule has 2 aliphatic rings. The molecular weight excluding hydrogens is 467 g/mol. The van der Waals surface area contributed by atoms with Crippen LogP contribution in [0.3, 0.4) is 0 Å². The van der Waals surface area contributed by atoms with E-state index in [4.69, 9.17) is 14.2 Å². The molecule has 0 bridgehead atoms. The quantitative estimate of drug-likeness (QED) is 0.632. The maximum atomic E-state index is 14.2. The van der Waals surface area contributed by atoms with Gasteiger partial charge in [0, 0.05) is 25.1 Å². The lowest BCUT2D eigenvalue weighted by Gasteiger charge is -2.26. The van der Waals surface area contributed by atoms with Crippen LogP contribution in [-0.2, 0) is 19.6 Å². The number of morpholine rings is 1. The molecule has 1 heterocycles. The normalized spacial score (nSPS) is 18.4. The van der Waals surface area contributed by atoms with E-state index in [1.54, 1.807) is 6.92 Å². The number of amides is 1. The fourth-order valence-electron chi connectivity index (χ4n) is 4.16. The molecule has 182 valence electrons. The molecule has 1 aliphatic heterocycles. The first-order valence-electron chi connectivity index (χ1n) is 10.8. The highest BCUT2D eigenvalue weighted by Gasteiger charge is 2.33. The number of Topliss-reactive ketones (excluding diaryl/α,β-unsaturated/α-hetero) is 1. The smallest absolute Gasteiger partial charge is 0.262 e. The van der Waals surface area contributed by atoms with E-state index in [9.17, 15) is 22.4 Å². The molecule has 1 atom stereocenters. The van der Waals surface area contributed by atoms with E-state index in [-0.39, 0.29) is 58.9 Å². The molecule has 1 N–H and O–H groups in total. The van der Waals surface area contributed by atoms with Crippen LogP contribution in [0.2, 0.25) is 0 Å². The van der Waals surface area contributed by atoms with Crippen LogP contribution in [0.4, 0.5) is 10.1 Å². The number of methoxy groups -OCH3 is 1. The zero-order chi connectivity index (χ0) is 24.5. The van der Waals surface area contributed by atoms with E-state index in [2.05, 4.69) is 5.32 Å². The minimum atomic E-state index is -3.78. The summed E-state index contributed by atoms with van der Waals surface area (Å²) in [6, 6.07) is 6.72. The number of anilines is 1. The molecule has 2 aromatic carbocycles. The van der Waals surface area contributed by atoms with Crippen LogP contribution in [0.25, 0.3) is 0 Å². The topological polar surface area (TPSA) is 111 Å². The summed E-state index contributed by atoms with van der Waals surface area (Å²) in [4.78, 5) is 24.9. The Morgan fingerprint density at radius 1 is 1.21 bits per heavy atom. The number of hydrogen-bond acceptors (Lipinski definition) is 7. The van der Waals surface area contributed by atoms with E-state index in [1.165, 1.54) is 41.7 Å². The second kappa shape index (κ2) is 9.69. The van der Waals surface area contributed by atoms with Gasteiger partial charge in [0.2, 0.25) is 10.0 Å². The Morgan fingerprint density at radius 2 is 1.91 bits per heavy atom. The van der Waals surface area contributed by atoms with Gasteiger partial charge in [-0.2, -0.15) is 4.31 Å². The van der Waals surface area contributed by atoms with E-state index in [0.29, 0.717) is 18.8 Å². The molecule has 0 saturated carbocycles. The van der Waals surface area contributed by atoms with Crippen molar-refractivity contribution in [1.82, 2.24) is 4.31 Å². The minimum absolute atomic E-state index is 0.00218. The number of carbonyl (C=O) groups excluding carboxylic acids is 2. The van der Waals surface area contributed by atoms with Crippen molar-refractivity contribution < 1.29 is 36.6 Å². The number of ketones is 1. The summed E-state index contributed by atoms with van der Waals surface area (Å²) in [6.45, 7) is 2.39. The van der Waals surface area contributed by atoms with Gasteiger partial charge in [0.05, 0.1) is 36.5 Å². The minimum Gasteiger partial charge on any atom is -0.495 e. The Hall–Kier alpha value is -3.02. The van der Waals surface area contributed by atoms with Crippen molar-refractivity contribution in [2.45, 2.75) is 24.2 Å². The number of hydrogen-bond donors (Lipinski definition) is 1. The predicted molar refractivity (Wildman–Crippen MR) is 120 cm³/mol. The lowest BCUT2D eigenvalue weighted by Crippen LogP contribution is -2.40. The lowest BCUT2D eigenvalue weighted by atomic mass is 10.0. The van der Waals surface area contributed by atoms with E-state index < -0.39 is 28.4 Å². The number of nitrogens with one attached hydrogen (secondary N) is 1. The third-order valence-corrected chi connectivity index (χ3v) is 7.72. The predicted octanol–water partition coefficient (Wildman–Crippen LogP) is 2.56. The maximum Gasteiger partial charge on any atom is 0.262 e. The van der Waals surface area contributed by atoms with E-state index in [1.807, 2.05) is 0 Å². The van der Waals surface area contributed by atoms with E-state index in [0.717, 1.165) is 0 Å². The van der Waals surface area contributed by atoms with Crippen molar-refractivity contribution in [3.8, 4) is 11.5 Å². The van der Waals surface area contributed by atoms with Crippen LogP contribution in [0.15, 0.2) is 35.2 Å². The molecule has 0 unspecified atom stereocenters. The summed E-state index contributed by atoms with van der Waals surface area (Å²) >= 11 is 0. The van der Waals surface area contributed by atoms with Crippen LogP contribution in [0.1, 0.15) is 35.2 Å². The van der Waals surface area contributed by atoms with Gasteiger partial charge < -0.3 is 19.5 Å². The molecule has 1 amide bonds. The Morgan fingerprint density at radius 3 is 2.62 bits per heavy atom. The number of ether oxygens (including phenoxy) is 3. The summed E-state index contributed by atoms with van der Waals surface area (Å²) in [7, 11) is -2.39. The molecule has 34 heavy (non-hydrogen) atoms. The average molecular weight is 493 g/mol. The molecule has 1 aliphatic carbocycles. The SMILES string of the molecule is COc1ccc(S(=O)(=O)N2CCOCC2)cc1NC(=O)COc1ccc(F)c2c1C(=O)C[C@@H]2C. The number of fused-ring (bicyclic) bond motifs is 1. The molecule has 1 fully saturated rings. The van der Waals surface area contributed by atoms with Gasteiger partial charge in [0.1, 0.15) is 17.3 Å². The zero-order valence-corrected chi connectivity index (χ0v) is 19.6. The highest BCUT2D eigenvalue weighted by Crippen LogP contribution is 2.39. The third-order valence-electron chi connectivity index (χ3n) is 5.83. The van der Waals surface area contributed by atoms with Crippen LogP contribution < -0.4 is 14.8 Å². The molecule has 11 heteroatoms. The van der Waals surface area contributed by atoms with Crippen molar-refractivity contribution >= 4 is 27.4 Å². The van der Waals surface area contributed by atoms with Gasteiger partial charge in [0.15, 0.2) is 12.4 Å². The Bertz CT molecular complexity index is 1230. The number of carbonyl (C=O) groups is 2. The number of sulfonamides is 1. The first-order valence-corrected chi connectivity index (χ1v) is 12.2. The Labute approximate surface area is 196 Å². The van der Waals surface area contributed by atoms with Crippen molar-refractivity contribution in [3.05, 3.63) is 47.3 Å². The first-order chi connectivity index (χ1) is 16.2. The molecule has 1 saturated heterocycles. The van der Waals surface area contributed by atoms with Crippen molar-refractivity contribution in [2.24, 2.45) is 0 Å². The number of rotatable bonds is 7. The van der Waals surface area contributed by atoms with Gasteiger partial charge in [-0.05, 0) is 36.2 Å². The second-order valence-corrected chi connectivity index (χ2v) is 10.0. The molecule has 0 radical (unpaired) electrons. The Kier molecular flexibility index (Phi) is 6.87. The standard InChI is InChI=1S/C23H25FN2O7S/c1-14-11-18(27)23-20(6-4-16(24)22(14)23)33-13-21(28)25-17-12-15(3-5-19(17)31-2)34(29,30)26-7-9-32-10-8-26/h3-6,12,14H,7-11,13H2,1-2H3,(H,25,28)/t14-/m0/s1. The summed E-state index contributed by atoms with van der Waals surface area (Å²) in [6.07, 6.45) is 0.181. The first kappa shape index (κ1) is 24.1. The molecule has 0 aromatic heterocycles. The van der Waals surface area contributed by atoms with Gasteiger partial charge in [-0.25, -0.2) is 12.8 Å². The summed E-state index contributed by atoms with van der Waals surface area (Å²) in [5.74, 6) is -1.18. The summed E-state index contributed by atoms with van der Waals surface area (Å²) < 4.78 is 57.4. The molecule has 9 nitrogen and oxygen atoms in total. The van der Waals surface area contributed by atoms with Crippen LogP contribution in [0.5, 0.6) is 11.5 Å². The van der Waals surface area contributed by atoms with Gasteiger partial charge in [-0.1, -0.05) is 6.92 Å². The highest BCUT2D eigenvalue weighted by atomic mass is 32.2.